The fourth-order valence-electron chi connectivity index (χ4n) is 8.67. The van der Waals surface area contributed by atoms with Crippen LogP contribution in [-0.2, 0) is 0 Å². The number of hydrogen-bond donors (Lipinski definition) is 0. The van der Waals surface area contributed by atoms with Gasteiger partial charge in [0.25, 0.3) is 0 Å². The molecule has 10 rings (SSSR count). The average molecular weight is 789 g/mol. The molecular formula is C59H52N2. The van der Waals surface area contributed by atoms with Crippen LogP contribution in [0.5, 0.6) is 0 Å². The Kier molecular flexibility index (Phi) is 12.1. The van der Waals surface area contributed by atoms with Gasteiger partial charge < -0.3 is 9.13 Å². The van der Waals surface area contributed by atoms with E-state index in [0.29, 0.717) is 0 Å². The van der Waals surface area contributed by atoms with Crippen LogP contribution in [0.4, 0.5) is 0 Å². The molecule has 10 aromatic rings. The largest absolute Gasteiger partial charge is 0.309 e. The Morgan fingerprint density at radius 2 is 0.869 bits per heavy atom. The van der Waals surface area contributed by atoms with Crippen molar-refractivity contribution in [1.29, 1.82) is 0 Å². The van der Waals surface area contributed by atoms with Gasteiger partial charge in [-0.2, -0.15) is 0 Å². The topological polar surface area (TPSA) is 9.86 Å². The number of nitrogens with zero attached hydrogens (tertiary/aromatic N) is 2. The highest BCUT2D eigenvalue weighted by atomic mass is 15.0. The Morgan fingerprint density at radius 1 is 0.410 bits per heavy atom. The molecule has 298 valence electrons. The zero-order chi connectivity index (χ0) is 42.3. The van der Waals surface area contributed by atoms with Crippen LogP contribution >= 0.6 is 0 Å². The minimum absolute atomic E-state index is 1.11. The number of allylic oxidation sites excluding steroid dienone is 5. The standard InChI is InChI=1S/C55H40N2.2C2H6/c1-3-17-39(18-4-2)45-32-29-43(38-19-7-5-8-20-38)37-55(45)57-52-28-16-13-25-47(52)49-36-42(31-34-54(49)57)41-30-33-53-48(35-41)46-24-12-15-27-51(46)56(53)50-26-14-11-23-44(50)40-21-9-6-10-22-40;2*1-2/h3-37H,1H2,2H3;2*1-2H3/b18-4-,39-17+;;. The second-order valence-corrected chi connectivity index (χ2v) is 14.5. The summed E-state index contributed by atoms with van der Waals surface area (Å²) >= 11 is 0. The van der Waals surface area contributed by atoms with Crippen molar-refractivity contribution in [1.82, 2.24) is 9.13 Å². The van der Waals surface area contributed by atoms with Crippen LogP contribution in [-0.4, -0.2) is 9.13 Å². The summed E-state index contributed by atoms with van der Waals surface area (Å²) in [5.74, 6) is 0. The summed E-state index contributed by atoms with van der Waals surface area (Å²) in [6, 6.07) is 68.4. The van der Waals surface area contributed by atoms with Crippen molar-refractivity contribution in [3.8, 4) is 44.8 Å². The summed E-state index contributed by atoms with van der Waals surface area (Å²) in [6.45, 7) is 14.1. The first-order valence-corrected chi connectivity index (χ1v) is 21.6. The molecule has 2 nitrogen and oxygen atoms in total. The Hall–Kier alpha value is -7.42. The molecule has 0 aliphatic carbocycles. The normalized spacial score (nSPS) is 11.5. The van der Waals surface area contributed by atoms with Crippen molar-refractivity contribution < 1.29 is 0 Å². The van der Waals surface area contributed by atoms with Crippen LogP contribution in [0.2, 0.25) is 0 Å². The molecule has 8 aromatic carbocycles. The minimum atomic E-state index is 1.11. The SMILES string of the molecule is C=C/C=C(\C=C/C)c1ccc(-c2ccccc2)cc1-n1c2ccccc2c2cc(-c3ccc4c(c3)c3ccccc3n4-c3ccccc3-c3ccccc3)ccc21.CC.CC. The predicted octanol–water partition coefficient (Wildman–Crippen LogP) is 17.1. The monoisotopic (exact) mass is 788 g/mol. The van der Waals surface area contributed by atoms with Gasteiger partial charge in [-0.15, -0.1) is 0 Å². The molecule has 0 radical (unpaired) electrons. The molecule has 0 atom stereocenters. The van der Waals surface area contributed by atoms with Crippen molar-refractivity contribution in [3.05, 3.63) is 225 Å². The van der Waals surface area contributed by atoms with E-state index in [9.17, 15) is 0 Å². The third kappa shape index (κ3) is 7.43. The molecule has 0 spiro atoms. The van der Waals surface area contributed by atoms with Crippen molar-refractivity contribution >= 4 is 49.2 Å². The average Bonchev–Trinajstić information content (AvgIpc) is 3.85. The first kappa shape index (κ1) is 40.4. The van der Waals surface area contributed by atoms with E-state index in [4.69, 9.17) is 0 Å². The summed E-state index contributed by atoms with van der Waals surface area (Å²) < 4.78 is 4.87. The fraction of sp³-hybridized carbons (Fsp3) is 0.0847. The maximum atomic E-state index is 4.05. The van der Waals surface area contributed by atoms with E-state index in [-0.39, 0.29) is 0 Å². The lowest BCUT2D eigenvalue weighted by Crippen LogP contribution is -2.00. The van der Waals surface area contributed by atoms with E-state index in [1.165, 1.54) is 82.7 Å². The molecule has 0 aliphatic rings. The second kappa shape index (κ2) is 18.2. The molecule has 0 fully saturated rings. The molecule has 0 aliphatic heterocycles. The van der Waals surface area contributed by atoms with Crippen molar-refractivity contribution in [2.24, 2.45) is 0 Å². The Bertz CT molecular complexity index is 3190. The highest BCUT2D eigenvalue weighted by molar-refractivity contribution is 6.13. The molecule has 61 heavy (non-hydrogen) atoms. The number of fused-ring (bicyclic) bond motifs is 6. The van der Waals surface area contributed by atoms with Gasteiger partial charge in [0.05, 0.1) is 33.4 Å². The Labute approximate surface area is 360 Å². The van der Waals surface area contributed by atoms with Crippen LogP contribution in [0.15, 0.2) is 219 Å². The Balaban J connectivity index is 0.00000125. The first-order chi connectivity index (χ1) is 30.2. The zero-order valence-electron chi connectivity index (χ0n) is 35.8. The van der Waals surface area contributed by atoms with Gasteiger partial charge in [-0.3, -0.25) is 0 Å². The number of hydrogen-bond acceptors (Lipinski definition) is 0. The van der Waals surface area contributed by atoms with Crippen LogP contribution in [0, 0.1) is 0 Å². The number of rotatable bonds is 8. The maximum absolute atomic E-state index is 4.05. The van der Waals surface area contributed by atoms with Gasteiger partial charge in [-0.05, 0) is 88.8 Å². The summed E-state index contributed by atoms with van der Waals surface area (Å²) in [4.78, 5) is 0. The molecule has 2 heterocycles. The van der Waals surface area contributed by atoms with Gasteiger partial charge >= 0.3 is 0 Å². The summed E-state index contributed by atoms with van der Waals surface area (Å²) in [5.41, 5.74) is 16.5. The van der Waals surface area contributed by atoms with E-state index in [1.54, 1.807) is 0 Å². The lowest BCUT2D eigenvalue weighted by Gasteiger charge is -2.17. The van der Waals surface area contributed by atoms with E-state index in [2.05, 4.69) is 229 Å². The number of aromatic nitrogens is 2. The van der Waals surface area contributed by atoms with E-state index in [1.807, 2.05) is 33.8 Å². The van der Waals surface area contributed by atoms with Gasteiger partial charge in [-0.1, -0.05) is 198 Å². The van der Waals surface area contributed by atoms with Crippen LogP contribution in [0.1, 0.15) is 40.2 Å². The van der Waals surface area contributed by atoms with Crippen LogP contribution in [0.25, 0.3) is 93.9 Å². The molecular weight excluding hydrogens is 737 g/mol. The third-order valence-corrected chi connectivity index (χ3v) is 11.2. The van der Waals surface area contributed by atoms with Crippen LogP contribution < -0.4 is 0 Å². The van der Waals surface area contributed by atoms with Crippen molar-refractivity contribution in [3.63, 3.8) is 0 Å². The molecule has 2 aromatic heterocycles. The molecule has 0 saturated heterocycles. The Morgan fingerprint density at radius 3 is 1.44 bits per heavy atom. The summed E-state index contributed by atoms with van der Waals surface area (Å²) in [7, 11) is 0. The van der Waals surface area contributed by atoms with Gasteiger partial charge in [0, 0.05) is 32.7 Å². The predicted molar refractivity (Wildman–Crippen MR) is 267 cm³/mol. The van der Waals surface area contributed by atoms with E-state index in [0.717, 1.165) is 16.8 Å². The van der Waals surface area contributed by atoms with Crippen molar-refractivity contribution in [2.75, 3.05) is 0 Å². The van der Waals surface area contributed by atoms with Gasteiger partial charge in [0.2, 0.25) is 0 Å². The molecule has 0 amide bonds. The molecule has 2 heteroatoms. The summed E-state index contributed by atoms with van der Waals surface area (Å²) in [5, 5.41) is 4.92. The highest BCUT2D eigenvalue weighted by Gasteiger charge is 2.19. The maximum Gasteiger partial charge on any atom is 0.0546 e. The fourth-order valence-corrected chi connectivity index (χ4v) is 8.67. The molecule has 0 bridgehead atoms. The van der Waals surface area contributed by atoms with Crippen LogP contribution in [0.3, 0.4) is 0 Å². The second-order valence-electron chi connectivity index (χ2n) is 14.5. The van der Waals surface area contributed by atoms with E-state index < -0.39 is 0 Å². The van der Waals surface area contributed by atoms with Gasteiger partial charge in [0.15, 0.2) is 0 Å². The third-order valence-electron chi connectivity index (χ3n) is 11.2. The van der Waals surface area contributed by atoms with Crippen molar-refractivity contribution in [2.45, 2.75) is 34.6 Å². The van der Waals surface area contributed by atoms with E-state index >= 15 is 0 Å². The lowest BCUT2D eigenvalue weighted by atomic mass is 9.97. The molecule has 0 saturated carbocycles. The quantitative estimate of drug-likeness (QED) is 0.136. The van der Waals surface area contributed by atoms with Gasteiger partial charge in [-0.25, -0.2) is 0 Å². The first-order valence-electron chi connectivity index (χ1n) is 21.6. The zero-order valence-corrected chi connectivity index (χ0v) is 35.8. The smallest absolute Gasteiger partial charge is 0.0546 e. The highest BCUT2D eigenvalue weighted by Crippen LogP contribution is 2.41. The minimum Gasteiger partial charge on any atom is -0.309 e. The number of para-hydroxylation sites is 3. The van der Waals surface area contributed by atoms with Gasteiger partial charge in [0.1, 0.15) is 0 Å². The lowest BCUT2D eigenvalue weighted by molar-refractivity contribution is 1.17. The molecule has 0 N–H and O–H groups in total. The molecule has 0 unspecified atom stereocenters. The number of benzene rings is 8. The summed E-state index contributed by atoms with van der Waals surface area (Å²) in [6.07, 6.45) is 8.24.